The Kier molecular flexibility index (Phi) is 6.45. The maximum Gasteiger partial charge on any atom is 0.319 e. The van der Waals surface area contributed by atoms with Crippen molar-refractivity contribution in [3.63, 3.8) is 0 Å². The summed E-state index contributed by atoms with van der Waals surface area (Å²) in [6.07, 6.45) is 10.4. The third kappa shape index (κ3) is 4.24. The third-order valence-corrected chi connectivity index (χ3v) is 9.26. The molecule has 3 fully saturated rings. The summed E-state index contributed by atoms with van der Waals surface area (Å²) in [4.78, 5) is 18.9. The van der Waals surface area contributed by atoms with Gasteiger partial charge in [-0.3, -0.25) is 9.88 Å². The van der Waals surface area contributed by atoms with E-state index in [4.69, 9.17) is 9.72 Å². The van der Waals surface area contributed by atoms with Gasteiger partial charge in [-0.2, -0.15) is 9.97 Å². The molecule has 3 aliphatic rings. The fraction of sp³-hybridized carbons (Fsp3) is 0.469. The van der Waals surface area contributed by atoms with Crippen LogP contribution in [-0.4, -0.2) is 63.3 Å². The maximum atomic E-state index is 16.6. The lowest BCUT2D eigenvalue weighted by molar-refractivity contribution is 0.108. The van der Waals surface area contributed by atoms with Gasteiger partial charge in [-0.15, -0.1) is 0 Å². The van der Waals surface area contributed by atoms with E-state index < -0.39 is 5.82 Å². The molecule has 5 heterocycles. The average Bonchev–Trinajstić information content (AvgIpc) is 3.56. The Morgan fingerprint density at radius 2 is 1.80 bits per heavy atom. The molecule has 0 saturated carbocycles. The summed E-state index contributed by atoms with van der Waals surface area (Å²) in [6, 6.07) is 9.50. The van der Waals surface area contributed by atoms with E-state index in [-0.39, 0.29) is 28.5 Å². The number of aromatic nitrogens is 3. The number of anilines is 1. The van der Waals surface area contributed by atoms with Crippen molar-refractivity contribution in [2.75, 3.05) is 37.7 Å². The molecule has 7 rings (SSSR count). The van der Waals surface area contributed by atoms with Crippen LogP contribution in [0.3, 0.4) is 0 Å². The molecule has 0 bridgehead atoms. The normalized spacial score (nSPS) is 19.0. The second-order valence-corrected chi connectivity index (χ2v) is 11.6. The molecule has 1 N–H and O–H groups in total. The summed E-state index contributed by atoms with van der Waals surface area (Å²) in [5.41, 5.74) is 2.08. The highest BCUT2D eigenvalue weighted by Crippen LogP contribution is 2.41. The number of phenolic OH excluding ortho intramolecular Hbond substituents is 1. The van der Waals surface area contributed by atoms with Gasteiger partial charge in [0.15, 0.2) is 5.82 Å². The van der Waals surface area contributed by atoms with Crippen LogP contribution in [-0.2, 0) is 6.42 Å². The van der Waals surface area contributed by atoms with Gasteiger partial charge < -0.3 is 14.7 Å². The van der Waals surface area contributed by atoms with Crippen molar-refractivity contribution >= 4 is 27.5 Å². The molecule has 0 atom stereocenters. The molecule has 3 saturated heterocycles. The Hall–Kier alpha value is -3.52. The van der Waals surface area contributed by atoms with Gasteiger partial charge in [-0.25, -0.2) is 4.39 Å². The molecule has 3 aliphatic heterocycles. The van der Waals surface area contributed by atoms with Crippen LogP contribution in [0.1, 0.15) is 57.4 Å². The third-order valence-electron chi connectivity index (χ3n) is 9.26. The highest BCUT2D eigenvalue weighted by molar-refractivity contribution is 6.01. The predicted octanol–water partition coefficient (Wildman–Crippen LogP) is 6.25. The highest BCUT2D eigenvalue weighted by Gasteiger charge is 2.45. The zero-order valence-electron chi connectivity index (χ0n) is 23.1. The molecular formula is C32H36FN5O2. The Morgan fingerprint density at radius 1 is 1.00 bits per heavy atom. The van der Waals surface area contributed by atoms with E-state index >= 15 is 4.39 Å². The Labute approximate surface area is 234 Å². The van der Waals surface area contributed by atoms with Gasteiger partial charge in [0.2, 0.25) is 0 Å². The quantitative estimate of drug-likeness (QED) is 0.309. The van der Waals surface area contributed by atoms with Crippen molar-refractivity contribution in [1.82, 2.24) is 19.9 Å². The second-order valence-electron chi connectivity index (χ2n) is 11.6. The Morgan fingerprint density at radius 3 is 2.58 bits per heavy atom. The van der Waals surface area contributed by atoms with E-state index in [0.29, 0.717) is 23.4 Å². The van der Waals surface area contributed by atoms with Gasteiger partial charge in [0, 0.05) is 24.8 Å². The van der Waals surface area contributed by atoms with Crippen molar-refractivity contribution in [2.45, 2.75) is 63.8 Å². The van der Waals surface area contributed by atoms with Crippen molar-refractivity contribution in [3.05, 3.63) is 47.9 Å². The zero-order valence-corrected chi connectivity index (χ0v) is 23.1. The van der Waals surface area contributed by atoms with Crippen molar-refractivity contribution in [3.8, 4) is 23.0 Å². The maximum absolute atomic E-state index is 16.6. The standard InChI is InChI=1S/C32H36FN5O2/c1-2-21-9-6-10-22-17-23(39)18-24(26(21)22)28-27(33)29-25(19-34-28)30(37-13-4-3-5-14-37)36-31(35-29)40-20-32-11-7-15-38(32)16-8-12-32/h6,9-10,17-19,39H,2-5,7-8,11-16,20H2,1H3. The lowest BCUT2D eigenvalue weighted by Crippen LogP contribution is -2.43. The highest BCUT2D eigenvalue weighted by atomic mass is 19.1. The summed E-state index contributed by atoms with van der Waals surface area (Å²) in [5.74, 6) is 0.261. The minimum Gasteiger partial charge on any atom is -0.508 e. The molecular weight excluding hydrogens is 505 g/mol. The Balaban J connectivity index is 1.37. The first kappa shape index (κ1) is 25.4. The van der Waals surface area contributed by atoms with Crippen LogP contribution >= 0.6 is 0 Å². The number of piperidine rings is 1. The molecule has 2 aromatic carbocycles. The van der Waals surface area contributed by atoms with Crippen LogP contribution in [0.15, 0.2) is 36.5 Å². The average molecular weight is 542 g/mol. The fourth-order valence-corrected chi connectivity index (χ4v) is 7.25. The molecule has 40 heavy (non-hydrogen) atoms. The lowest BCUT2D eigenvalue weighted by Gasteiger charge is -2.32. The molecule has 0 unspecified atom stereocenters. The van der Waals surface area contributed by atoms with E-state index in [2.05, 4.69) is 26.7 Å². The van der Waals surface area contributed by atoms with Crippen LogP contribution in [0.25, 0.3) is 32.9 Å². The number of benzene rings is 2. The summed E-state index contributed by atoms with van der Waals surface area (Å²) in [6.45, 7) is 6.55. The minimum atomic E-state index is -0.512. The molecule has 2 aromatic heterocycles. The number of nitrogens with zero attached hydrogens (tertiary/aromatic N) is 5. The monoisotopic (exact) mass is 541 g/mol. The number of hydrogen-bond donors (Lipinski definition) is 1. The van der Waals surface area contributed by atoms with E-state index in [1.807, 2.05) is 18.2 Å². The summed E-state index contributed by atoms with van der Waals surface area (Å²) < 4.78 is 23.0. The van der Waals surface area contributed by atoms with Crippen LogP contribution in [0, 0.1) is 5.82 Å². The molecule has 4 aromatic rings. The van der Waals surface area contributed by atoms with Gasteiger partial charge in [-0.1, -0.05) is 25.1 Å². The molecule has 0 amide bonds. The van der Waals surface area contributed by atoms with Gasteiger partial charge in [-0.05, 0) is 92.9 Å². The first-order chi connectivity index (χ1) is 19.6. The topological polar surface area (TPSA) is 74.6 Å². The number of hydrogen-bond acceptors (Lipinski definition) is 7. The molecule has 7 nitrogen and oxygen atoms in total. The van der Waals surface area contributed by atoms with Crippen molar-refractivity contribution in [2.24, 2.45) is 0 Å². The fourth-order valence-electron chi connectivity index (χ4n) is 7.25. The van der Waals surface area contributed by atoms with E-state index in [9.17, 15) is 5.11 Å². The number of aryl methyl sites for hydroxylation is 1. The minimum absolute atomic E-state index is 0.0442. The van der Waals surface area contributed by atoms with Crippen LogP contribution in [0.5, 0.6) is 11.8 Å². The van der Waals surface area contributed by atoms with Gasteiger partial charge in [0.25, 0.3) is 0 Å². The molecule has 8 heteroatoms. The van der Waals surface area contributed by atoms with Crippen molar-refractivity contribution in [1.29, 1.82) is 0 Å². The number of phenols is 1. The van der Waals surface area contributed by atoms with Crippen LogP contribution < -0.4 is 9.64 Å². The SMILES string of the molecule is CCc1cccc2cc(O)cc(-c3ncc4c(N5CCCCC5)nc(OCC56CCCN5CCC6)nc4c3F)c12. The Bertz CT molecular complexity index is 1580. The first-order valence-electron chi connectivity index (χ1n) is 14.8. The van der Waals surface area contributed by atoms with Gasteiger partial charge in [0.1, 0.15) is 29.4 Å². The largest absolute Gasteiger partial charge is 0.508 e. The van der Waals surface area contributed by atoms with Gasteiger partial charge >= 0.3 is 6.01 Å². The summed E-state index contributed by atoms with van der Waals surface area (Å²) >= 11 is 0. The molecule has 0 radical (unpaired) electrons. The smallest absolute Gasteiger partial charge is 0.319 e. The number of fused-ring (bicyclic) bond motifs is 3. The predicted molar refractivity (Wildman–Crippen MR) is 156 cm³/mol. The van der Waals surface area contributed by atoms with Crippen molar-refractivity contribution < 1.29 is 14.2 Å². The number of rotatable bonds is 6. The molecule has 0 aliphatic carbocycles. The lowest BCUT2D eigenvalue weighted by atomic mass is 9.95. The van der Waals surface area contributed by atoms with E-state index in [1.54, 1.807) is 18.3 Å². The number of pyridine rings is 1. The van der Waals surface area contributed by atoms with Gasteiger partial charge in [0.05, 0.1) is 10.9 Å². The van der Waals surface area contributed by atoms with E-state index in [1.165, 1.54) is 19.3 Å². The summed E-state index contributed by atoms with van der Waals surface area (Å²) in [5, 5.41) is 12.9. The number of ether oxygens (including phenoxy) is 1. The first-order valence-corrected chi connectivity index (χ1v) is 14.8. The van der Waals surface area contributed by atoms with Crippen LogP contribution in [0.4, 0.5) is 10.2 Å². The zero-order chi connectivity index (χ0) is 27.3. The number of halogens is 1. The summed E-state index contributed by atoms with van der Waals surface area (Å²) in [7, 11) is 0. The number of aromatic hydroxyl groups is 1. The second kappa shape index (κ2) is 10.1. The van der Waals surface area contributed by atoms with Crippen LogP contribution in [0.2, 0.25) is 0 Å². The van der Waals surface area contributed by atoms with E-state index in [0.717, 1.165) is 74.6 Å². The molecule has 208 valence electrons. The molecule has 0 spiro atoms.